The van der Waals surface area contributed by atoms with Crippen LogP contribution in [-0.4, -0.2) is 25.1 Å². The largest absolute Gasteiger partial charge is 0.493 e. The fourth-order valence-corrected chi connectivity index (χ4v) is 2.58. The maximum atomic E-state index is 12.6. The number of aromatic nitrogens is 1. The van der Waals surface area contributed by atoms with Gasteiger partial charge >= 0.3 is 0 Å². The average Bonchev–Trinajstić information content (AvgIpc) is 3.37. The highest BCUT2D eigenvalue weighted by Gasteiger charge is 2.51. The Morgan fingerprint density at radius 1 is 1.14 bits per heavy atom. The SMILES string of the molecule is COc1ccc(C2(C(=O)Nc3ccccn3)CC2)cc1OC. The number of amides is 1. The zero-order valence-corrected chi connectivity index (χ0v) is 12.6. The van der Waals surface area contributed by atoms with E-state index in [4.69, 9.17) is 9.47 Å². The third-order valence-corrected chi connectivity index (χ3v) is 4.03. The van der Waals surface area contributed by atoms with Gasteiger partial charge in [-0.1, -0.05) is 12.1 Å². The van der Waals surface area contributed by atoms with Crippen LogP contribution in [0.5, 0.6) is 11.5 Å². The van der Waals surface area contributed by atoms with Crippen molar-refractivity contribution in [2.24, 2.45) is 0 Å². The van der Waals surface area contributed by atoms with E-state index in [2.05, 4.69) is 10.3 Å². The second-order valence-electron chi connectivity index (χ2n) is 5.32. The van der Waals surface area contributed by atoms with E-state index < -0.39 is 5.41 Å². The van der Waals surface area contributed by atoms with Crippen molar-refractivity contribution in [2.75, 3.05) is 19.5 Å². The molecule has 1 amide bonds. The highest BCUT2D eigenvalue weighted by atomic mass is 16.5. The molecule has 1 fully saturated rings. The molecule has 1 aromatic carbocycles. The van der Waals surface area contributed by atoms with E-state index in [0.29, 0.717) is 17.3 Å². The number of carbonyl (C=O) groups is 1. The van der Waals surface area contributed by atoms with Crippen molar-refractivity contribution in [1.29, 1.82) is 0 Å². The van der Waals surface area contributed by atoms with Crippen LogP contribution < -0.4 is 14.8 Å². The Balaban J connectivity index is 1.85. The number of pyridine rings is 1. The summed E-state index contributed by atoms with van der Waals surface area (Å²) in [7, 11) is 3.19. The second kappa shape index (κ2) is 5.67. The molecule has 3 rings (SSSR count). The van der Waals surface area contributed by atoms with Crippen LogP contribution in [0.4, 0.5) is 5.82 Å². The molecule has 1 aromatic heterocycles. The first-order valence-electron chi connectivity index (χ1n) is 7.14. The first kappa shape index (κ1) is 14.4. The van der Waals surface area contributed by atoms with Crippen LogP contribution in [0.15, 0.2) is 42.6 Å². The molecule has 1 aliphatic carbocycles. The number of benzene rings is 1. The molecule has 0 radical (unpaired) electrons. The lowest BCUT2D eigenvalue weighted by Crippen LogP contribution is -2.28. The Morgan fingerprint density at radius 3 is 2.50 bits per heavy atom. The molecule has 5 heteroatoms. The average molecular weight is 298 g/mol. The monoisotopic (exact) mass is 298 g/mol. The third kappa shape index (κ3) is 2.50. The number of anilines is 1. The molecule has 0 atom stereocenters. The molecular weight excluding hydrogens is 280 g/mol. The number of methoxy groups -OCH3 is 2. The summed E-state index contributed by atoms with van der Waals surface area (Å²) < 4.78 is 10.6. The Kier molecular flexibility index (Phi) is 3.71. The summed E-state index contributed by atoms with van der Waals surface area (Å²) in [6, 6.07) is 11.1. The molecule has 1 saturated carbocycles. The lowest BCUT2D eigenvalue weighted by atomic mass is 9.94. The van der Waals surface area contributed by atoms with Crippen LogP contribution in [0.2, 0.25) is 0 Å². The van der Waals surface area contributed by atoms with Crippen LogP contribution in [0.1, 0.15) is 18.4 Å². The van der Waals surface area contributed by atoms with E-state index >= 15 is 0 Å². The van der Waals surface area contributed by atoms with Gasteiger partial charge in [0, 0.05) is 6.20 Å². The van der Waals surface area contributed by atoms with Crippen LogP contribution >= 0.6 is 0 Å². The fourth-order valence-electron chi connectivity index (χ4n) is 2.58. The summed E-state index contributed by atoms with van der Waals surface area (Å²) in [5.74, 6) is 1.83. The molecule has 1 aliphatic rings. The Morgan fingerprint density at radius 2 is 1.91 bits per heavy atom. The number of ether oxygens (including phenoxy) is 2. The van der Waals surface area contributed by atoms with E-state index in [1.165, 1.54) is 0 Å². The molecule has 0 saturated heterocycles. The van der Waals surface area contributed by atoms with Gasteiger partial charge < -0.3 is 14.8 Å². The van der Waals surface area contributed by atoms with Gasteiger partial charge in [-0.15, -0.1) is 0 Å². The minimum atomic E-state index is -0.489. The minimum absolute atomic E-state index is 0.0292. The molecule has 0 unspecified atom stereocenters. The summed E-state index contributed by atoms with van der Waals surface area (Å²) in [5, 5.41) is 2.89. The molecule has 0 bridgehead atoms. The van der Waals surface area contributed by atoms with Crippen molar-refractivity contribution in [1.82, 2.24) is 4.98 Å². The highest BCUT2D eigenvalue weighted by molar-refractivity contribution is 6.00. The van der Waals surface area contributed by atoms with Gasteiger partial charge in [0.15, 0.2) is 11.5 Å². The standard InChI is InChI=1S/C17H18N2O3/c1-21-13-7-6-12(11-14(13)22-2)17(8-9-17)16(20)19-15-5-3-4-10-18-15/h3-7,10-11H,8-9H2,1-2H3,(H,18,19,20). The van der Waals surface area contributed by atoms with E-state index in [1.807, 2.05) is 30.3 Å². The van der Waals surface area contributed by atoms with Gasteiger partial charge in [0.2, 0.25) is 5.91 Å². The summed E-state index contributed by atoms with van der Waals surface area (Å²) >= 11 is 0. The lowest BCUT2D eigenvalue weighted by molar-refractivity contribution is -0.118. The van der Waals surface area contributed by atoms with Crippen molar-refractivity contribution in [3.05, 3.63) is 48.2 Å². The molecular formula is C17H18N2O3. The van der Waals surface area contributed by atoms with Crippen molar-refractivity contribution in [3.8, 4) is 11.5 Å². The number of hydrogen-bond acceptors (Lipinski definition) is 4. The Bertz CT molecular complexity index is 682. The first-order valence-corrected chi connectivity index (χ1v) is 7.14. The summed E-state index contributed by atoms with van der Waals surface area (Å²) in [6.45, 7) is 0. The zero-order valence-electron chi connectivity index (χ0n) is 12.6. The number of nitrogens with zero attached hydrogens (tertiary/aromatic N) is 1. The maximum absolute atomic E-state index is 12.6. The maximum Gasteiger partial charge on any atom is 0.236 e. The van der Waals surface area contributed by atoms with Crippen molar-refractivity contribution < 1.29 is 14.3 Å². The number of nitrogens with one attached hydrogen (secondary N) is 1. The fraction of sp³-hybridized carbons (Fsp3) is 0.294. The molecule has 5 nitrogen and oxygen atoms in total. The third-order valence-electron chi connectivity index (χ3n) is 4.03. The number of hydrogen-bond donors (Lipinski definition) is 1. The molecule has 1 heterocycles. The highest BCUT2D eigenvalue weighted by Crippen LogP contribution is 2.50. The quantitative estimate of drug-likeness (QED) is 0.922. The summed E-state index contributed by atoms with van der Waals surface area (Å²) in [6.07, 6.45) is 3.30. The van der Waals surface area contributed by atoms with E-state index in [0.717, 1.165) is 18.4 Å². The molecule has 22 heavy (non-hydrogen) atoms. The molecule has 0 aliphatic heterocycles. The lowest BCUT2D eigenvalue weighted by Gasteiger charge is -2.17. The van der Waals surface area contributed by atoms with Crippen LogP contribution in [0, 0.1) is 0 Å². The van der Waals surface area contributed by atoms with E-state index in [-0.39, 0.29) is 5.91 Å². The Labute approximate surface area is 129 Å². The normalized spacial score (nSPS) is 15.0. The number of carbonyl (C=O) groups excluding carboxylic acids is 1. The Hall–Kier alpha value is -2.56. The first-order chi connectivity index (χ1) is 10.7. The predicted octanol–water partition coefficient (Wildman–Crippen LogP) is 2.77. The van der Waals surface area contributed by atoms with E-state index in [1.54, 1.807) is 26.5 Å². The van der Waals surface area contributed by atoms with Gasteiger partial charge in [0.1, 0.15) is 5.82 Å². The van der Waals surface area contributed by atoms with Gasteiger partial charge in [0.25, 0.3) is 0 Å². The minimum Gasteiger partial charge on any atom is -0.493 e. The molecule has 2 aromatic rings. The number of rotatable bonds is 5. The van der Waals surface area contributed by atoms with Crippen LogP contribution in [0.25, 0.3) is 0 Å². The van der Waals surface area contributed by atoms with Gasteiger partial charge in [-0.2, -0.15) is 0 Å². The zero-order chi connectivity index (χ0) is 15.6. The summed E-state index contributed by atoms with van der Waals surface area (Å²) in [5.41, 5.74) is 0.454. The van der Waals surface area contributed by atoms with Crippen LogP contribution in [0.3, 0.4) is 0 Å². The van der Waals surface area contributed by atoms with Crippen molar-refractivity contribution in [2.45, 2.75) is 18.3 Å². The van der Waals surface area contributed by atoms with Crippen LogP contribution in [-0.2, 0) is 10.2 Å². The second-order valence-corrected chi connectivity index (χ2v) is 5.32. The van der Waals surface area contributed by atoms with Crippen molar-refractivity contribution in [3.63, 3.8) is 0 Å². The molecule has 0 spiro atoms. The van der Waals surface area contributed by atoms with Crippen molar-refractivity contribution >= 4 is 11.7 Å². The van der Waals surface area contributed by atoms with Gasteiger partial charge in [-0.3, -0.25) is 4.79 Å². The smallest absolute Gasteiger partial charge is 0.236 e. The van der Waals surface area contributed by atoms with E-state index in [9.17, 15) is 4.79 Å². The van der Waals surface area contributed by atoms with Gasteiger partial charge in [0.05, 0.1) is 19.6 Å². The molecule has 1 N–H and O–H groups in total. The predicted molar refractivity (Wildman–Crippen MR) is 83.3 cm³/mol. The topological polar surface area (TPSA) is 60.5 Å². The summed E-state index contributed by atoms with van der Waals surface area (Å²) in [4.78, 5) is 16.8. The van der Waals surface area contributed by atoms with Gasteiger partial charge in [-0.05, 0) is 42.7 Å². The molecule has 114 valence electrons. The van der Waals surface area contributed by atoms with Gasteiger partial charge in [-0.25, -0.2) is 4.98 Å².